The van der Waals surface area contributed by atoms with Gasteiger partial charge in [-0.25, -0.2) is 13.1 Å². The Morgan fingerprint density at radius 2 is 2.21 bits per heavy atom. The van der Waals surface area contributed by atoms with Crippen LogP contribution in [-0.4, -0.2) is 69.5 Å². The van der Waals surface area contributed by atoms with Gasteiger partial charge in [0.15, 0.2) is 5.96 Å². The van der Waals surface area contributed by atoms with E-state index in [1.54, 1.807) is 0 Å². The summed E-state index contributed by atoms with van der Waals surface area (Å²) in [6.07, 6.45) is 1.56. The molecule has 0 aromatic rings. The highest BCUT2D eigenvalue weighted by molar-refractivity contribution is 14.0. The van der Waals surface area contributed by atoms with E-state index in [1.807, 2.05) is 11.8 Å². The van der Waals surface area contributed by atoms with Gasteiger partial charge in [-0.15, -0.1) is 24.0 Å². The molecule has 0 aliphatic carbocycles. The summed E-state index contributed by atoms with van der Waals surface area (Å²) in [6, 6.07) is 0. The van der Waals surface area contributed by atoms with Crippen molar-refractivity contribution in [3.05, 3.63) is 0 Å². The Kier molecular flexibility index (Phi) is 8.86. The first-order valence-corrected chi connectivity index (χ1v) is 7.97. The first-order chi connectivity index (χ1) is 8.42. The van der Waals surface area contributed by atoms with Crippen LogP contribution in [0.4, 0.5) is 0 Å². The van der Waals surface area contributed by atoms with Gasteiger partial charge in [0, 0.05) is 26.2 Å². The number of nitrogens with zero attached hydrogens (tertiary/aromatic N) is 2. The number of nitrogens with one attached hydrogen (secondary N) is 2. The van der Waals surface area contributed by atoms with Crippen LogP contribution in [0, 0.1) is 0 Å². The Morgan fingerprint density at radius 3 is 2.68 bits per heavy atom. The largest absolute Gasteiger partial charge is 0.391 e. The molecule has 1 heterocycles. The Balaban J connectivity index is 0.00000324. The summed E-state index contributed by atoms with van der Waals surface area (Å²) in [7, 11) is -3.16. The van der Waals surface area contributed by atoms with Crippen LogP contribution in [0.15, 0.2) is 4.99 Å². The maximum absolute atomic E-state index is 10.9. The van der Waals surface area contributed by atoms with Gasteiger partial charge in [-0.2, -0.15) is 0 Å². The van der Waals surface area contributed by atoms with E-state index in [9.17, 15) is 13.5 Å². The molecule has 0 aromatic carbocycles. The molecule has 7 nitrogen and oxygen atoms in total. The zero-order valence-electron chi connectivity index (χ0n) is 11.3. The lowest BCUT2D eigenvalue weighted by Crippen LogP contribution is -2.41. The number of aliphatic hydroxyl groups excluding tert-OH is 1. The lowest BCUT2D eigenvalue weighted by atomic mass is 10.3. The van der Waals surface area contributed by atoms with Crippen LogP contribution in [0.1, 0.15) is 13.3 Å². The standard InChI is InChI=1S/C10H22N4O3S.HI/c1-3-11-10(14-7-4-9(15)8-14)12-5-6-13-18(2,16)17;/h9,13,15H,3-8H2,1-2H3,(H,11,12);1H/t9-;/m1./s1. The van der Waals surface area contributed by atoms with Crippen molar-refractivity contribution < 1.29 is 13.5 Å². The minimum absolute atomic E-state index is 0. The number of guanidine groups is 1. The molecule has 1 aliphatic rings. The molecular weight excluding hydrogens is 383 g/mol. The van der Waals surface area contributed by atoms with Crippen molar-refractivity contribution >= 4 is 40.0 Å². The van der Waals surface area contributed by atoms with Crippen LogP contribution in [0.2, 0.25) is 0 Å². The number of sulfonamides is 1. The lowest BCUT2D eigenvalue weighted by molar-refractivity contribution is 0.188. The third-order valence-electron chi connectivity index (χ3n) is 2.54. The van der Waals surface area contributed by atoms with Crippen molar-refractivity contribution in [1.82, 2.24) is 14.9 Å². The molecule has 1 saturated heterocycles. The van der Waals surface area contributed by atoms with Gasteiger partial charge in [0.2, 0.25) is 10.0 Å². The van der Waals surface area contributed by atoms with E-state index in [2.05, 4.69) is 15.0 Å². The van der Waals surface area contributed by atoms with Crippen LogP contribution in [0.25, 0.3) is 0 Å². The topological polar surface area (TPSA) is 94.0 Å². The second kappa shape index (κ2) is 8.93. The predicted octanol–water partition coefficient (Wildman–Crippen LogP) is -0.814. The van der Waals surface area contributed by atoms with Gasteiger partial charge in [-0.1, -0.05) is 0 Å². The van der Waals surface area contributed by atoms with Crippen LogP contribution >= 0.6 is 24.0 Å². The number of likely N-dealkylation sites (tertiary alicyclic amines) is 1. The van der Waals surface area contributed by atoms with E-state index in [0.29, 0.717) is 13.1 Å². The van der Waals surface area contributed by atoms with E-state index in [-0.39, 0.29) is 36.6 Å². The molecule has 114 valence electrons. The summed E-state index contributed by atoms with van der Waals surface area (Å²) in [6.45, 7) is 4.71. The number of halogens is 1. The number of hydrogen-bond acceptors (Lipinski definition) is 4. The summed E-state index contributed by atoms with van der Waals surface area (Å²) in [4.78, 5) is 6.31. The molecule has 0 bridgehead atoms. The zero-order chi connectivity index (χ0) is 13.6. The third-order valence-corrected chi connectivity index (χ3v) is 3.26. The van der Waals surface area contributed by atoms with E-state index < -0.39 is 10.0 Å². The second-order valence-electron chi connectivity index (χ2n) is 4.29. The van der Waals surface area contributed by atoms with E-state index in [4.69, 9.17) is 0 Å². The van der Waals surface area contributed by atoms with E-state index >= 15 is 0 Å². The fourth-order valence-corrected chi connectivity index (χ4v) is 2.21. The molecule has 1 aliphatic heterocycles. The van der Waals surface area contributed by atoms with E-state index in [1.165, 1.54) is 0 Å². The highest BCUT2D eigenvalue weighted by Gasteiger charge is 2.22. The Labute approximate surface area is 131 Å². The van der Waals surface area contributed by atoms with Crippen molar-refractivity contribution in [1.29, 1.82) is 0 Å². The summed E-state index contributed by atoms with van der Waals surface area (Å²) >= 11 is 0. The highest BCUT2D eigenvalue weighted by Crippen LogP contribution is 2.08. The number of β-amino-alcohol motifs (C(OH)–C–C–N with tert-alkyl or cyclic N) is 1. The first kappa shape index (κ1) is 18.9. The monoisotopic (exact) mass is 406 g/mol. The number of rotatable bonds is 5. The third kappa shape index (κ3) is 7.90. The van der Waals surface area contributed by atoms with Gasteiger partial charge < -0.3 is 15.3 Å². The SMILES string of the molecule is CCNC(=NCCNS(C)(=O)=O)N1CC[C@@H](O)C1.I. The van der Waals surface area contributed by atoms with Crippen LogP contribution in [-0.2, 0) is 10.0 Å². The van der Waals surface area contributed by atoms with Crippen molar-refractivity contribution in [2.75, 3.05) is 39.0 Å². The second-order valence-corrected chi connectivity index (χ2v) is 6.12. The molecular formula is C10H23IN4O3S. The van der Waals surface area contributed by atoms with Crippen molar-refractivity contribution in [3.8, 4) is 0 Å². The predicted molar refractivity (Wildman–Crippen MR) is 86.4 cm³/mol. The van der Waals surface area contributed by atoms with Gasteiger partial charge in [0.05, 0.1) is 18.9 Å². The van der Waals surface area contributed by atoms with Crippen LogP contribution < -0.4 is 10.0 Å². The molecule has 0 spiro atoms. The molecule has 1 fully saturated rings. The molecule has 0 saturated carbocycles. The Morgan fingerprint density at radius 1 is 1.53 bits per heavy atom. The van der Waals surface area contributed by atoms with Crippen molar-refractivity contribution in [2.24, 2.45) is 4.99 Å². The number of aliphatic imine (C=N–C) groups is 1. The van der Waals surface area contributed by atoms with Crippen molar-refractivity contribution in [3.63, 3.8) is 0 Å². The summed E-state index contributed by atoms with van der Waals surface area (Å²) in [5.74, 6) is 0.726. The summed E-state index contributed by atoms with van der Waals surface area (Å²) < 4.78 is 24.2. The van der Waals surface area contributed by atoms with Gasteiger partial charge in [-0.3, -0.25) is 4.99 Å². The smallest absolute Gasteiger partial charge is 0.208 e. The van der Waals surface area contributed by atoms with Crippen LogP contribution in [0.3, 0.4) is 0 Å². The Bertz CT molecular complexity index is 388. The highest BCUT2D eigenvalue weighted by atomic mass is 127. The lowest BCUT2D eigenvalue weighted by Gasteiger charge is -2.20. The fourth-order valence-electron chi connectivity index (χ4n) is 1.75. The molecule has 0 amide bonds. The molecule has 0 unspecified atom stereocenters. The summed E-state index contributed by atoms with van der Waals surface area (Å²) in [5, 5.41) is 12.6. The molecule has 0 aromatic heterocycles. The molecule has 9 heteroatoms. The molecule has 1 atom stereocenters. The molecule has 1 rings (SSSR count). The molecule has 3 N–H and O–H groups in total. The Hall–Kier alpha value is -0.130. The number of aliphatic hydroxyl groups is 1. The van der Waals surface area contributed by atoms with Crippen LogP contribution in [0.5, 0.6) is 0 Å². The average molecular weight is 406 g/mol. The molecule has 0 radical (unpaired) electrons. The quantitative estimate of drug-likeness (QED) is 0.240. The van der Waals surface area contributed by atoms with Gasteiger partial charge >= 0.3 is 0 Å². The maximum Gasteiger partial charge on any atom is 0.208 e. The normalized spacial score (nSPS) is 20.3. The first-order valence-electron chi connectivity index (χ1n) is 6.08. The summed E-state index contributed by atoms with van der Waals surface area (Å²) in [5.41, 5.74) is 0. The van der Waals surface area contributed by atoms with Gasteiger partial charge in [0.25, 0.3) is 0 Å². The minimum atomic E-state index is -3.16. The number of hydrogen-bond donors (Lipinski definition) is 3. The zero-order valence-corrected chi connectivity index (χ0v) is 14.4. The fraction of sp³-hybridized carbons (Fsp3) is 0.900. The van der Waals surface area contributed by atoms with Gasteiger partial charge in [-0.05, 0) is 13.3 Å². The van der Waals surface area contributed by atoms with E-state index in [0.717, 1.165) is 31.7 Å². The maximum atomic E-state index is 10.9. The minimum Gasteiger partial charge on any atom is -0.391 e. The van der Waals surface area contributed by atoms with Gasteiger partial charge in [0.1, 0.15) is 0 Å². The molecule has 19 heavy (non-hydrogen) atoms. The van der Waals surface area contributed by atoms with Crippen molar-refractivity contribution in [2.45, 2.75) is 19.4 Å². The average Bonchev–Trinajstić information content (AvgIpc) is 2.68.